The van der Waals surface area contributed by atoms with Crippen molar-refractivity contribution in [1.29, 1.82) is 0 Å². The zero-order chi connectivity index (χ0) is 15.4. The number of carbonyl (C=O) groups is 2. The normalized spacial score (nSPS) is 10.0. The molecule has 0 saturated heterocycles. The Morgan fingerprint density at radius 2 is 1.81 bits per heavy atom. The Labute approximate surface area is 123 Å². The molecule has 1 heterocycles. The molecule has 108 valence electrons. The van der Waals surface area contributed by atoms with Crippen LogP contribution in [-0.2, 0) is 4.79 Å². The third-order valence-electron chi connectivity index (χ3n) is 2.96. The molecule has 0 bridgehead atoms. The minimum atomic E-state index is -0.240. The van der Waals surface area contributed by atoms with Crippen molar-refractivity contribution in [1.82, 2.24) is 4.98 Å². The molecule has 2 rings (SSSR count). The molecule has 0 spiro atoms. The highest BCUT2D eigenvalue weighted by molar-refractivity contribution is 6.05. The van der Waals surface area contributed by atoms with Crippen LogP contribution >= 0.6 is 0 Å². The number of anilines is 2. The van der Waals surface area contributed by atoms with Crippen molar-refractivity contribution in [2.45, 2.75) is 20.8 Å². The van der Waals surface area contributed by atoms with Crippen molar-refractivity contribution < 1.29 is 9.59 Å². The lowest BCUT2D eigenvalue weighted by atomic mass is 10.1. The highest BCUT2D eigenvalue weighted by Gasteiger charge is 2.09. The van der Waals surface area contributed by atoms with E-state index in [0.717, 1.165) is 16.8 Å². The lowest BCUT2D eigenvalue weighted by molar-refractivity contribution is -0.114. The summed E-state index contributed by atoms with van der Waals surface area (Å²) in [6, 6.07) is 8.96. The zero-order valence-electron chi connectivity index (χ0n) is 12.2. The molecule has 0 aliphatic heterocycles. The van der Waals surface area contributed by atoms with E-state index in [1.54, 1.807) is 12.1 Å². The Bertz CT molecular complexity index is 696. The predicted octanol–water partition coefficient (Wildman–Crippen LogP) is 2.91. The Kier molecular flexibility index (Phi) is 4.33. The molecule has 2 N–H and O–H groups in total. The number of pyridine rings is 1. The minimum absolute atomic E-state index is 0.227. The molecule has 0 fully saturated rings. The van der Waals surface area contributed by atoms with Gasteiger partial charge in [0.15, 0.2) is 0 Å². The van der Waals surface area contributed by atoms with Crippen LogP contribution in [0.2, 0.25) is 0 Å². The summed E-state index contributed by atoms with van der Waals surface area (Å²) in [5.74, 6) is -0.110. The smallest absolute Gasteiger partial charge is 0.255 e. The van der Waals surface area contributed by atoms with Gasteiger partial charge in [0, 0.05) is 24.4 Å². The number of amides is 2. The fourth-order valence-corrected chi connectivity index (χ4v) is 1.97. The standard InChI is InChI=1S/C16H17N3O2/c1-10-4-5-14(11(2)8-10)19-16(21)13-6-7-17-15(9-13)18-12(3)20/h4-9H,1-3H3,(H,19,21)(H,17,18,20). The molecule has 0 atom stereocenters. The van der Waals surface area contributed by atoms with E-state index in [2.05, 4.69) is 15.6 Å². The molecule has 0 saturated carbocycles. The molecule has 0 unspecified atom stereocenters. The van der Waals surface area contributed by atoms with Gasteiger partial charge in [-0.05, 0) is 37.6 Å². The summed E-state index contributed by atoms with van der Waals surface area (Å²) in [5, 5.41) is 5.41. The molecule has 0 aliphatic rings. The van der Waals surface area contributed by atoms with Crippen molar-refractivity contribution in [3.63, 3.8) is 0 Å². The van der Waals surface area contributed by atoms with Crippen LogP contribution in [0.25, 0.3) is 0 Å². The third-order valence-corrected chi connectivity index (χ3v) is 2.96. The van der Waals surface area contributed by atoms with E-state index in [1.807, 2.05) is 32.0 Å². The van der Waals surface area contributed by atoms with E-state index in [1.165, 1.54) is 13.1 Å². The summed E-state index contributed by atoms with van der Waals surface area (Å²) in [4.78, 5) is 27.2. The monoisotopic (exact) mass is 283 g/mol. The van der Waals surface area contributed by atoms with Gasteiger partial charge in [-0.2, -0.15) is 0 Å². The van der Waals surface area contributed by atoms with Crippen LogP contribution in [0.15, 0.2) is 36.5 Å². The fraction of sp³-hybridized carbons (Fsp3) is 0.188. The zero-order valence-corrected chi connectivity index (χ0v) is 12.2. The number of hydrogen-bond donors (Lipinski definition) is 2. The van der Waals surface area contributed by atoms with Gasteiger partial charge in [-0.25, -0.2) is 4.98 Å². The summed E-state index contributed by atoms with van der Waals surface area (Å²) < 4.78 is 0. The number of hydrogen-bond acceptors (Lipinski definition) is 3. The number of benzene rings is 1. The SMILES string of the molecule is CC(=O)Nc1cc(C(=O)Nc2ccc(C)cc2C)ccn1. The van der Waals surface area contributed by atoms with Crippen LogP contribution in [0.5, 0.6) is 0 Å². The summed E-state index contributed by atoms with van der Waals surface area (Å²) in [6.45, 7) is 5.34. The van der Waals surface area contributed by atoms with Crippen LogP contribution < -0.4 is 10.6 Å². The first-order valence-electron chi connectivity index (χ1n) is 6.58. The number of aromatic nitrogens is 1. The van der Waals surface area contributed by atoms with Crippen LogP contribution in [0, 0.1) is 13.8 Å². The number of carbonyl (C=O) groups excluding carboxylic acids is 2. The topological polar surface area (TPSA) is 71.1 Å². The largest absolute Gasteiger partial charge is 0.322 e. The van der Waals surface area contributed by atoms with E-state index in [0.29, 0.717) is 11.4 Å². The molecule has 21 heavy (non-hydrogen) atoms. The summed E-state index contributed by atoms with van der Waals surface area (Å²) in [6.07, 6.45) is 1.49. The van der Waals surface area contributed by atoms with E-state index in [-0.39, 0.29) is 11.8 Å². The van der Waals surface area contributed by atoms with E-state index in [4.69, 9.17) is 0 Å². The lowest BCUT2D eigenvalue weighted by Gasteiger charge is -2.10. The van der Waals surface area contributed by atoms with Gasteiger partial charge in [0.2, 0.25) is 5.91 Å². The van der Waals surface area contributed by atoms with Gasteiger partial charge in [0.1, 0.15) is 5.82 Å². The van der Waals surface area contributed by atoms with Crippen LogP contribution in [0.3, 0.4) is 0 Å². The van der Waals surface area contributed by atoms with Crippen molar-refractivity contribution in [3.05, 3.63) is 53.2 Å². The Balaban J connectivity index is 2.18. The molecular formula is C16H17N3O2. The van der Waals surface area contributed by atoms with Gasteiger partial charge < -0.3 is 10.6 Å². The van der Waals surface area contributed by atoms with E-state index < -0.39 is 0 Å². The Morgan fingerprint density at radius 1 is 1.05 bits per heavy atom. The van der Waals surface area contributed by atoms with Crippen molar-refractivity contribution >= 4 is 23.3 Å². The highest BCUT2D eigenvalue weighted by Crippen LogP contribution is 2.17. The first-order chi connectivity index (χ1) is 9.95. The average Bonchev–Trinajstić information content (AvgIpc) is 2.41. The highest BCUT2D eigenvalue weighted by atomic mass is 16.2. The van der Waals surface area contributed by atoms with Gasteiger partial charge in [-0.1, -0.05) is 17.7 Å². The maximum atomic E-state index is 12.2. The molecule has 0 radical (unpaired) electrons. The summed E-state index contributed by atoms with van der Waals surface area (Å²) >= 11 is 0. The lowest BCUT2D eigenvalue weighted by Crippen LogP contribution is -2.14. The van der Waals surface area contributed by atoms with Crippen molar-refractivity contribution in [2.75, 3.05) is 10.6 Å². The molecule has 5 nitrogen and oxygen atoms in total. The van der Waals surface area contributed by atoms with E-state index in [9.17, 15) is 9.59 Å². The second kappa shape index (κ2) is 6.17. The molecule has 2 amide bonds. The van der Waals surface area contributed by atoms with Crippen molar-refractivity contribution in [2.24, 2.45) is 0 Å². The number of nitrogens with zero attached hydrogens (tertiary/aromatic N) is 1. The number of aryl methyl sites for hydroxylation is 2. The maximum Gasteiger partial charge on any atom is 0.255 e. The van der Waals surface area contributed by atoms with Crippen LogP contribution in [0.1, 0.15) is 28.4 Å². The Morgan fingerprint density at radius 3 is 2.48 bits per heavy atom. The molecule has 2 aromatic rings. The first-order valence-corrected chi connectivity index (χ1v) is 6.58. The fourth-order valence-electron chi connectivity index (χ4n) is 1.97. The quantitative estimate of drug-likeness (QED) is 0.909. The number of rotatable bonds is 3. The summed E-state index contributed by atoms with van der Waals surface area (Å²) in [7, 11) is 0. The van der Waals surface area contributed by atoms with Gasteiger partial charge in [-0.15, -0.1) is 0 Å². The van der Waals surface area contributed by atoms with Gasteiger partial charge in [0.25, 0.3) is 5.91 Å². The van der Waals surface area contributed by atoms with Crippen LogP contribution in [0.4, 0.5) is 11.5 Å². The second-order valence-electron chi connectivity index (χ2n) is 4.88. The van der Waals surface area contributed by atoms with Crippen molar-refractivity contribution in [3.8, 4) is 0 Å². The maximum absolute atomic E-state index is 12.2. The average molecular weight is 283 g/mol. The van der Waals surface area contributed by atoms with E-state index >= 15 is 0 Å². The Hall–Kier alpha value is -2.69. The predicted molar refractivity (Wildman–Crippen MR) is 82.4 cm³/mol. The molecule has 0 aliphatic carbocycles. The minimum Gasteiger partial charge on any atom is -0.322 e. The number of nitrogens with one attached hydrogen (secondary N) is 2. The first kappa shape index (κ1) is 14.7. The molecular weight excluding hydrogens is 266 g/mol. The molecule has 5 heteroatoms. The molecule has 1 aromatic carbocycles. The molecule has 1 aromatic heterocycles. The van der Waals surface area contributed by atoms with Gasteiger partial charge in [0.05, 0.1) is 0 Å². The van der Waals surface area contributed by atoms with Gasteiger partial charge >= 0.3 is 0 Å². The summed E-state index contributed by atoms with van der Waals surface area (Å²) in [5.41, 5.74) is 3.35. The van der Waals surface area contributed by atoms with Gasteiger partial charge in [-0.3, -0.25) is 9.59 Å². The second-order valence-corrected chi connectivity index (χ2v) is 4.88. The van der Waals surface area contributed by atoms with Crippen LogP contribution in [-0.4, -0.2) is 16.8 Å². The third kappa shape index (κ3) is 3.89.